The fourth-order valence-corrected chi connectivity index (χ4v) is 2.83. The van der Waals surface area contributed by atoms with Crippen molar-refractivity contribution in [1.29, 1.82) is 0 Å². The average molecular weight is 263 g/mol. The average Bonchev–Trinajstić information content (AvgIpc) is 3.16. The molecule has 0 radical (unpaired) electrons. The molecule has 2 fully saturated rings. The summed E-state index contributed by atoms with van der Waals surface area (Å²) in [4.78, 5) is 4.33. The van der Waals surface area contributed by atoms with E-state index in [2.05, 4.69) is 14.9 Å². The Bertz CT molecular complexity index is 380. The van der Waals surface area contributed by atoms with Gasteiger partial charge in [0, 0.05) is 44.1 Å². The molecule has 19 heavy (non-hydrogen) atoms. The van der Waals surface area contributed by atoms with Crippen LogP contribution in [0.4, 0.5) is 0 Å². The Kier molecular flexibility index (Phi) is 4.51. The minimum atomic E-state index is 0.642. The van der Waals surface area contributed by atoms with Gasteiger partial charge in [0.2, 0.25) is 0 Å². The summed E-state index contributed by atoms with van der Waals surface area (Å²) < 4.78 is 8.01. The van der Waals surface area contributed by atoms with Crippen LogP contribution in [-0.4, -0.2) is 35.9 Å². The topological polar surface area (TPSA) is 39.1 Å². The lowest BCUT2D eigenvalue weighted by molar-refractivity contribution is 0.119. The molecular formula is C15H25N3O. The highest BCUT2D eigenvalue weighted by Crippen LogP contribution is 2.28. The molecule has 1 saturated carbocycles. The molecule has 4 heteroatoms. The first kappa shape index (κ1) is 13.1. The predicted molar refractivity (Wildman–Crippen MR) is 75.2 cm³/mol. The second kappa shape index (κ2) is 6.53. The maximum Gasteiger partial charge on any atom is 0.0948 e. The first-order valence-electron chi connectivity index (χ1n) is 7.72. The van der Waals surface area contributed by atoms with Crippen LogP contribution in [0.15, 0.2) is 12.5 Å². The molecule has 2 heterocycles. The lowest BCUT2D eigenvalue weighted by Gasteiger charge is -2.23. The molecule has 3 rings (SSSR count). The molecule has 0 amide bonds. The van der Waals surface area contributed by atoms with E-state index in [9.17, 15) is 0 Å². The summed E-state index contributed by atoms with van der Waals surface area (Å²) in [5.41, 5.74) is 1.40. The van der Waals surface area contributed by atoms with Gasteiger partial charge in [0.05, 0.1) is 6.33 Å². The molecule has 1 aliphatic heterocycles. The number of hydrogen-bond acceptors (Lipinski definition) is 3. The van der Waals surface area contributed by atoms with Gasteiger partial charge in [-0.15, -0.1) is 0 Å². The van der Waals surface area contributed by atoms with E-state index in [4.69, 9.17) is 4.74 Å². The Morgan fingerprint density at radius 1 is 1.37 bits per heavy atom. The summed E-state index contributed by atoms with van der Waals surface area (Å²) >= 11 is 0. The number of nitrogens with one attached hydrogen (secondary N) is 1. The van der Waals surface area contributed by atoms with Crippen LogP contribution in [0.5, 0.6) is 0 Å². The molecule has 1 aromatic rings. The molecule has 4 nitrogen and oxygen atoms in total. The zero-order valence-corrected chi connectivity index (χ0v) is 11.7. The van der Waals surface area contributed by atoms with E-state index in [1.54, 1.807) is 0 Å². The number of hydrogen-bond donors (Lipinski definition) is 1. The van der Waals surface area contributed by atoms with Gasteiger partial charge >= 0.3 is 0 Å². The van der Waals surface area contributed by atoms with Crippen LogP contribution in [0, 0.1) is 5.92 Å². The molecule has 0 aromatic carbocycles. The Balaban J connectivity index is 1.43. The Hall–Kier alpha value is -0.870. The summed E-state index contributed by atoms with van der Waals surface area (Å²) in [6.45, 7) is 5.17. The van der Waals surface area contributed by atoms with Crippen molar-refractivity contribution in [2.45, 2.75) is 44.6 Å². The Morgan fingerprint density at radius 2 is 2.32 bits per heavy atom. The van der Waals surface area contributed by atoms with Crippen LogP contribution >= 0.6 is 0 Å². The van der Waals surface area contributed by atoms with Gasteiger partial charge in [0.15, 0.2) is 0 Å². The van der Waals surface area contributed by atoms with Crippen molar-refractivity contribution < 1.29 is 4.74 Å². The zero-order chi connectivity index (χ0) is 12.9. The number of aryl methyl sites for hydroxylation is 1. The maximum absolute atomic E-state index is 5.70. The lowest BCUT2D eigenvalue weighted by Crippen LogP contribution is -2.29. The van der Waals surface area contributed by atoms with Gasteiger partial charge in [-0.05, 0) is 44.6 Å². The van der Waals surface area contributed by atoms with E-state index in [-0.39, 0.29) is 0 Å². The summed E-state index contributed by atoms with van der Waals surface area (Å²) in [5.74, 6) is 1.51. The van der Waals surface area contributed by atoms with Gasteiger partial charge in [0.25, 0.3) is 0 Å². The van der Waals surface area contributed by atoms with Crippen LogP contribution in [0.3, 0.4) is 0 Å². The molecule has 1 aliphatic carbocycles. The third-order valence-electron chi connectivity index (χ3n) is 4.20. The molecular weight excluding hydrogens is 238 g/mol. The molecule has 0 bridgehead atoms. The van der Waals surface area contributed by atoms with E-state index in [0.29, 0.717) is 5.92 Å². The first-order valence-corrected chi connectivity index (χ1v) is 7.72. The van der Waals surface area contributed by atoms with Crippen molar-refractivity contribution in [1.82, 2.24) is 14.9 Å². The van der Waals surface area contributed by atoms with Gasteiger partial charge in [-0.1, -0.05) is 0 Å². The second-order valence-electron chi connectivity index (χ2n) is 5.93. The van der Waals surface area contributed by atoms with E-state index in [0.717, 1.165) is 38.6 Å². The summed E-state index contributed by atoms with van der Waals surface area (Å²) in [7, 11) is 0. The number of piperidine rings is 1. The first-order chi connectivity index (χ1) is 9.43. The van der Waals surface area contributed by atoms with Crippen molar-refractivity contribution >= 4 is 0 Å². The largest absolute Gasteiger partial charge is 0.381 e. The molecule has 1 saturated heterocycles. The predicted octanol–water partition coefficient (Wildman–Crippen LogP) is 2.17. The van der Waals surface area contributed by atoms with Gasteiger partial charge in [0.1, 0.15) is 0 Å². The third-order valence-corrected chi connectivity index (χ3v) is 4.20. The lowest BCUT2D eigenvalue weighted by atomic mass is 9.96. The van der Waals surface area contributed by atoms with E-state index >= 15 is 0 Å². The Labute approximate surface area is 115 Å². The minimum absolute atomic E-state index is 0.642. The number of ether oxygens (including phenoxy) is 1. The van der Waals surface area contributed by atoms with E-state index in [1.807, 2.05) is 12.5 Å². The quantitative estimate of drug-likeness (QED) is 0.766. The number of rotatable bonds is 7. The SMILES string of the molecule is c1ncn(CCCOCC2CC2)c1C1CCCNC1. The van der Waals surface area contributed by atoms with Crippen molar-refractivity contribution in [3.63, 3.8) is 0 Å². The van der Waals surface area contributed by atoms with Crippen LogP contribution < -0.4 is 5.32 Å². The smallest absolute Gasteiger partial charge is 0.0948 e. The standard InChI is InChI=1S/C15H25N3O/c1-3-14(9-16-6-1)15-10-17-12-18(15)7-2-8-19-11-13-4-5-13/h10,12-14,16H,1-9,11H2. The molecule has 1 atom stereocenters. The van der Waals surface area contributed by atoms with Crippen LogP contribution in [-0.2, 0) is 11.3 Å². The molecule has 1 unspecified atom stereocenters. The van der Waals surface area contributed by atoms with Gasteiger partial charge < -0.3 is 14.6 Å². The van der Waals surface area contributed by atoms with Crippen molar-refractivity contribution in [3.8, 4) is 0 Å². The summed E-state index contributed by atoms with van der Waals surface area (Å²) in [5, 5.41) is 3.48. The minimum Gasteiger partial charge on any atom is -0.381 e. The number of imidazole rings is 1. The fourth-order valence-electron chi connectivity index (χ4n) is 2.83. The maximum atomic E-state index is 5.70. The fraction of sp³-hybridized carbons (Fsp3) is 0.800. The van der Waals surface area contributed by atoms with Crippen molar-refractivity contribution in [2.24, 2.45) is 5.92 Å². The number of nitrogens with zero attached hydrogens (tertiary/aromatic N) is 2. The zero-order valence-electron chi connectivity index (χ0n) is 11.7. The van der Waals surface area contributed by atoms with E-state index < -0.39 is 0 Å². The third kappa shape index (κ3) is 3.80. The molecule has 106 valence electrons. The highest BCUT2D eigenvalue weighted by molar-refractivity contribution is 5.08. The highest BCUT2D eigenvalue weighted by Gasteiger charge is 2.21. The van der Waals surface area contributed by atoms with Crippen LogP contribution in [0.2, 0.25) is 0 Å². The van der Waals surface area contributed by atoms with Gasteiger partial charge in [-0.3, -0.25) is 0 Å². The second-order valence-corrected chi connectivity index (χ2v) is 5.93. The highest BCUT2D eigenvalue weighted by atomic mass is 16.5. The summed E-state index contributed by atoms with van der Waals surface area (Å²) in [6.07, 6.45) is 10.4. The van der Waals surface area contributed by atoms with E-state index in [1.165, 1.54) is 37.9 Å². The van der Waals surface area contributed by atoms with Gasteiger partial charge in [-0.25, -0.2) is 4.98 Å². The molecule has 2 aliphatic rings. The van der Waals surface area contributed by atoms with Crippen molar-refractivity contribution in [2.75, 3.05) is 26.3 Å². The number of aromatic nitrogens is 2. The Morgan fingerprint density at radius 3 is 3.11 bits per heavy atom. The normalized spacial score (nSPS) is 23.7. The van der Waals surface area contributed by atoms with Crippen LogP contribution in [0.25, 0.3) is 0 Å². The molecule has 0 spiro atoms. The monoisotopic (exact) mass is 263 g/mol. The van der Waals surface area contributed by atoms with Crippen molar-refractivity contribution in [3.05, 3.63) is 18.2 Å². The van der Waals surface area contributed by atoms with Gasteiger partial charge in [-0.2, -0.15) is 0 Å². The van der Waals surface area contributed by atoms with Crippen LogP contribution in [0.1, 0.15) is 43.7 Å². The molecule has 1 N–H and O–H groups in total. The molecule has 1 aromatic heterocycles. The summed E-state index contributed by atoms with van der Waals surface area (Å²) in [6, 6.07) is 0.